The molecule has 0 spiro atoms. The van der Waals surface area contributed by atoms with Crippen LogP contribution in [0.15, 0.2) is 53.4 Å². The SMILES string of the molecule is CCNS(=O)(=O)c1ccc(C(=O)NCC#Cc2cccc(C(F)(F)F)c2)cc1. The second kappa shape index (κ2) is 8.91. The molecule has 0 aliphatic heterocycles. The van der Waals surface area contributed by atoms with Crippen LogP contribution in [0.25, 0.3) is 0 Å². The molecule has 0 unspecified atom stereocenters. The van der Waals surface area contributed by atoms with E-state index < -0.39 is 27.7 Å². The molecule has 5 nitrogen and oxygen atoms in total. The van der Waals surface area contributed by atoms with Crippen molar-refractivity contribution in [3.8, 4) is 11.8 Å². The third kappa shape index (κ3) is 5.84. The lowest BCUT2D eigenvalue weighted by molar-refractivity contribution is -0.137. The Hall–Kier alpha value is -2.83. The lowest BCUT2D eigenvalue weighted by Gasteiger charge is -2.06. The maximum atomic E-state index is 12.6. The topological polar surface area (TPSA) is 75.3 Å². The quantitative estimate of drug-likeness (QED) is 0.745. The number of carbonyl (C=O) groups excluding carboxylic acids is 1. The molecule has 0 saturated heterocycles. The van der Waals surface area contributed by atoms with Gasteiger partial charge in [-0.3, -0.25) is 4.79 Å². The molecular formula is C19H17F3N2O3S. The number of alkyl halides is 3. The molecular weight excluding hydrogens is 393 g/mol. The predicted molar refractivity (Wildman–Crippen MR) is 98.0 cm³/mol. The van der Waals surface area contributed by atoms with Gasteiger partial charge in [0.2, 0.25) is 10.0 Å². The predicted octanol–water partition coefficient (Wildman–Crippen LogP) is 2.79. The zero-order chi connectivity index (χ0) is 20.8. The number of carbonyl (C=O) groups is 1. The van der Waals surface area contributed by atoms with E-state index in [-0.39, 0.29) is 29.1 Å². The van der Waals surface area contributed by atoms with Crippen molar-refractivity contribution in [2.45, 2.75) is 18.0 Å². The maximum Gasteiger partial charge on any atom is 0.416 e. The van der Waals surface area contributed by atoms with Crippen LogP contribution < -0.4 is 10.0 Å². The van der Waals surface area contributed by atoms with Crippen LogP contribution >= 0.6 is 0 Å². The molecule has 28 heavy (non-hydrogen) atoms. The van der Waals surface area contributed by atoms with Crippen LogP contribution in [0.3, 0.4) is 0 Å². The third-order valence-corrected chi connectivity index (χ3v) is 5.08. The van der Waals surface area contributed by atoms with Crippen molar-refractivity contribution in [3.63, 3.8) is 0 Å². The van der Waals surface area contributed by atoms with Gasteiger partial charge < -0.3 is 5.32 Å². The van der Waals surface area contributed by atoms with Gasteiger partial charge in [0, 0.05) is 17.7 Å². The highest BCUT2D eigenvalue weighted by atomic mass is 32.2. The number of hydrogen-bond donors (Lipinski definition) is 2. The minimum atomic E-state index is -4.45. The van der Waals surface area contributed by atoms with E-state index in [9.17, 15) is 26.4 Å². The first-order valence-corrected chi connectivity index (χ1v) is 9.66. The summed E-state index contributed by atoms with van der Waals surface area (Å²) in [5, 5.41) is 2.50. The van der Waals surface area contributed by atoms with E-state index in [0.29, 0.717) is 0 Å². The summed E-state index contributed by atoms with van der Waals surface area (Å²) in [4.78, 5) is 12.1. The molecule has 1 amide bonds. The first-order valence-electron chi connectivity index (χ1n) is 8.17. The number of halogens is 3. The molecule has 2 aromatic rings. The van der Waals surface area contributed by atoms with Gasteiger partial charge in [0.05, 0.1) is 17.0 Å². The first kappa shape index (κ1) is 21.5. The smallest absolute Gasteiger partial charge is 0.341 e. The highest BCUT2D eigenvalue weighted by Crippen LogP contribution is 2.29. The van der Waals surface area contributed by atoms with Crippen molar-refractivity contribution < 1.29 is 26.4 Å². The molecule has 9 heteroatoms. The van der Waals surface area contributed by atoms with Crippen molar-refractivity contribution in [2.24, 2.45) is 0 Å². The number of amides is 1. The second-order valence-electron chi connectivity index (χ2n) is 5.59. The summed E-state index contributed by atoms with van der Waals surface area (Å²) in [7, 11) is -3.60. The van der Waals surface area contributed by atoms with Gasteiger partial charge in [0.25, 0.3) is 5.91 Å². The minimum absolute atomic E-state index is 0.0373. The fourth-order valence-corrected chi connectivity index (χ4v) is 3.25. The van der Waals surface area contributed by atoms with Crippen LogP contribution in [0.2, 0.25) is 0 Å². The molecule has 2 N–H and O–H groups in total. The standard InChI is InChI=1S/C19H17F3N2O3S/c1-2-24-28(26,27)17-10-8-15(9-11-17)18(25)23-12-4-6-14-5-3-7-16(13-14)19(20,21)22/h3,5,7-11,13,24H,2,12H2,1H3,(H,23,25). The van der Waals surface area contributed by atoms with Crippen LogP contribution in [-0.2, 0) is 16.2 Å². The Bertz CT molecular complexity index is 1010. The zero-order valence-electron chi connectivity index (χ0n) is 14.8. The van der Waals surface area contributed by atoms with Gasteiger partial charge in [-0.05, 0) is 42.5 Å². The lowest BCUT2D eigenvalue weighted by Crippen LogP contribution is -2.25. The van der Waals surface area contributed by atoms with Crippen molar-refractivity contribution in [3.05, 3.63) is 65.2 Å². The number of rotatable bonds is 5. The van der Waals surface area contributed by atoms with Crippen molar-refractivity contribution in [1.82, 2.24) is 10.0 Å². The molecule has 0 radical (unpaired) electrons. The second-order valence-corrected chi connectivity index (χ2v) is 7.36. The summed E-state index contributed by atoms with van der Waals surface area (Å²) in [5.41, 5.74) is -0.380. The van der Waals surface area contributed by atoms with E-state index in [1.807, 2.05) is 0 Å². The summed E-state index contributed by atoms with van der Waals surface area (Å²) in [5.74, 6) is 4.65. The molecule has 0 saturated carbocycles. The van der Waals surface area contributed by atoms with E-state index in [2.05, 4.69) is 21.9 Å². The normalized spacial score (nSPS) is 11.4. The van der Waals surface area contributed by atoms with Crippen molar-refractivity contribution in [2.75, 3.05) is 13.1 Å². The zero-order valence-corrected chi connectivity index (χ0v) is 15.6. The van der Waals surface area contributed by atoms with Crippen LogP contribution in [0.5, 0.6) is 0 Å². The maximum absolute atomic E-state index is 12.6. The molecule has 0 atom stereocenters. The van der Waals surface area contributed by atoms with Gasteiger partial charge in [0.15, 0.2) is 0 Å². The van der Waals surface area contributed by atoms with Crippen molar-refractivity contribution >= 4 is 15.9 Å². The molecule has 0 fully saturated rings. The fraction of sp³-hybridized carbons (Fsp3) is 0.211. The van der Waals surface area contributed by atoms with Crippen LogP contribution in [0, 0.1) is 11.8 Å². The van der Waals surface area contributed by atoms with Crippen LogP contribution in [0.1, 0.15) is 28.4 Å². The molecule has 148 valence electrons. The summed E-state index contributed by atoms with van der Waals surface area (Å²) in [6.45, 7) is 1.82. The van der Waals surface area contributed by atoms with Gasteiger partial charge in [0.1, 0.15) is 0 Å². The number of sulfonamides is 1. The molecule has 2 rings (SSSR count). The molecule has 0 aliphatic rings. The van der Waals surface area contributed by atoms with Crippen molar-refractivity contribution in [1.29, 1.82) is 0 Å². The van der Waals surface area contributed by atoms with E-state index in [0.717, 1.165) is 12.1 Å². The Balaban J connectivity index is 1.98. The fourth-order valence-electron chi connectivity index (χ4n) is 2.20. The minimum Gasteiger partial charge on any atom is -0.341 e. The Morgan fingerprint density at radius 2 is 1.79 bits per heavy atom. The highest BCUT2D eigenvalue weighted by molar-refractivity contribution is 7.89. The molecule has 0 aliphatic carbocycles. The van der Waals surface area contributed by atoms with Gasteiger partial charge in [-0.1, -0.05) is 24.8 Å². The summed E-state index contributed by atoms with van der Waals surface area (Å²) < 4.78 is 64.0. The van der Waals surface area contributed by atoms with Gasteiger partial charge in [-0.15, -0.1) is 0 Å². The van der Waals surface area contributed by atoms with Crippen LogP contribution in [0.4, 0.5) is 13.2 Å². The molecule has 0 heterocycles. The Morgan fingerprint density at radius 1 is 1.11 bits per heavy atom. The molecule has 0 bridgehead atoms. The average molecular weight is 410 g/mol. The molecule has 0 aromatic heterocycles. The number of hydrogen-bond acceptors (Lipinski definition) is 3. The summed E-state index contributed by atoms with van der Waals surface area (Å²) in [6.07, 6.45) is -4.45. The Morgan fingerprint density at radius 3 is 2.39 bits per heavy atom. The summed E-state index contributed by atoms with van der Waals surface area (Å²) >= 11 is 0. The first-order chi connectivity index (χ1) is 13.1. The molecule has 2 aromatic carbocycles. The summed E-state index contributed by atoms with van der Waals surface area (Å²) in [6, 6.07) is 9.91. The number of benzene rings is 2. The van der Waals surface area contributed by atoms with E-state index in [4.69, 9.17) is 0 Å². The van der Waals surface area contributed by atoms with E-state index in [1.165, 1.54) is 36.4 Å². The van der Waals surface area contributed by atoms with Gasteiger partial charge in [-0.2, -0.15) is 13.2 Å². The van der Waals surface area contributed by atoms with Crippen LogP contribution in [-0.4, -0.2) is 27.4 Å². The highest BCUT2D eigenvalue weighted by Gasteiger charge is 2.30. The Kier molecular flexibility index (Phi) is 6.83. The average Bonchev–Trinajstić information content (AvgIpc) is 2.65. The lowest BCUT2D eigenvalue weighted by atomic mass is 10.1. The largest absolute Gasteiger partial charge is 0.416 e. The third-order valence-electron chi connectivity index (χ3n) is 3.52. The monoisotopic (exact) mass is 410 g/mol. The Labute approximate surface area is 161 Å². The number of nitrogens with one attached hydrogen (secondary N) is 2. The van der Waals surface area contributed by atoms with Gasteiger partial charge in [-0.25, -0.2) is 13.1 Å². The van der Waals surface area contributed by atoms with E-state index in [1.54, 1.807) is 6.92 Å². The van der Waals surface area contributed by atoms with E-state index >= 15 is 0 Å². The van der Waals surface area contributed by atoms with Gasteiger partial charge >= 0.3 is 6.18 Å².